The van der Waals surface area contributed by atoms with Crippen molar-refractivity contribution < 1.29 is 17.6 Å². The molecule has 0 unspecified atom stereocenters. The van der Waals surface area contributed by atoms with Crippen molar-refractivity contribution in [3.05, 3.63) is 28.0 Å². The molecule has 1 saturated carbocycles. The van der Waals surface area contributed by atoms with E-state index in [0.717, 1.165) is 29.7 Å². The molecule has 8 nitrogen and oxygen atoms in total. The Bertz CT molecular complexity index is 1260. The highest BCUT2D eigenvalue weighted by atomic mass is 32.2. The molecule has 184 valence electrons. The molecule has 0 bridgehead atoms. The topological polar surface area (TPSA) is 95.5 Å². The molecule has 2 atom stereocenters. The number of anilines is 1. The van der Waals surface area contributed by atoms with Gasteiger partial charge < -0.3 is 10.2 Å². The zero-order valence-corrected chi connectivity index (χ0v) is 21.5. The minimum Gasteiger partial charge on any atom is -0.351 e. The standard InChI is InChI=1S/C23H30FN5O3S2/c1-13-6-5-9-23(13)20-17(21(30)28(23)3)14(2)19(33-20)18-16(24)12-25-22(27-18)26-15-7-10-29(11-8-15)34(4,31)32/h12-13,15H,5-11H2,1-4H3,(H,25,26,27)/t13-,23+/m1/s1. The maximum atomic E-state index is 15.0. The SMILES string of the molecule is Cc1c(-c2nc(NC3CCN(S(C)(=O)=O)CC3)ncc2F)sc2c1C(=O)N(C)[C@]21CCC[C@H]1C. The first-order valence-electron chi connectivity index (χ1n) is 11.7. The number of piperidine rings is 1. The van der Waals surface area contributed by atoms with E-state index < -0.39 is 15.8 Å². The molecule has 1 amide bonds. The van der Waals surface area contributed by atoms with Crippen LogP contribution in [0.25, 0.3) is 10.6 Å². The number of nitrogens with one attached hydrogen (secondary N) is 1. The van der Waals surface area contributed by atoms with E-state index in [1.54, 1.807) is 0 Å². The molecule has 2 fully saturated rings. The summed E-state index contributed by atoms with van der Waals surface area (Å²) in [4.78, 5) is 25.5. The Morgan fingerprint density at radius 3 is 2.59 bits per heavy atom. The van der Waals surface area contributed by atoms with Crippen LogP contribution in [0.2, 0.25) is 0 Å². The third-order valence-corrected chi connectivity index (χ3v) is 10.7. The average Bonchev–Trinajstić information content (AvgIpc) is 3.40. The van der Waals surface area contributed by atoms with Crippen molar-refractivity contribution in [3.63, 3.8) is 0 Å². The summed E-state index contributed by atoms with van der Waals surface area (Å²) in [6, 6.07) is 0.00332. The summed E-state index contributed by atoms with van der Waals surface area (Å²) >= 11 is 1.49. The van der Waals surface area contributed by atoms with Gasteiger partial charge in [0.15, 0.2) is 5.82 Å². The first kappa shape index (κ1) is 23.6. The number of sulfonamides is 1. The molecule has 3 aliphatic rings. The molecule has 2 aliphatic heterocycles. The van der Waals surface area contributed by atoms with Gasteiger partial charge in [-0.05, 0) is 44.1 Å². The third-order valence-electron chi connectivity index (χ3n) is 7.88. The summed E-state index contributed by atoms with van der Waals surface area (Å²) in [5.74, 6) is 0.150. The van der Waals surface area contributed by atoms with Gasteiger partial charge in [0.05, 0.1) is 28.4 Å². The number of fused-ring (bicyclic) bond motifs is 2. The minimum absolute atomic E-state index is 0.00332. The van der Waals surface area contributed by atoms with Crippen LogP contribution in [-0.2, 0) is 15.6 Å². The highest BCUT2D eigenvalue weighted by Gasteiger charge is 2.55. The fraction of sp³-hybridized carbons (Fsp3) is 0.609. The fourth-order valence-corrected chi connectivity index (χ4v) is 8.44. The molecule has 4 heterocycles. The summed E-state index contributed by atoms with van der Waals surface area (Å²) < 4.78 is 39.9. The molecule has 2 aromatic heterocycles. The lowest BCUT2D eigenvalue weighted by Crippen LogP contribution is -2.42. The Labute approximate surface area is 203 Å². The summed E-state index contributed by atoms with van der Waals surface area (Å²) in [5, 5.41) is 3.25. The van der Waals surface area contributed by atoms with E-state index in [1.165, 1.54) is 28.1 Å². The number of thiophene rings is 1. The highest BCUT2D eigenvalue weighted by Crippen LogP contribution is 2.57. The van der Waals surface area contributed by atoms with Crippen molar-refractivity contribution in [2.24, 2.45) is 5.92 Å². The van der Waals surface area contributed by atoms with E-state index in [1.807, 2.05) is 18.9 Å². The third kappa shape index (κ3) is 3.54. The van der Waals surface area contributed by atoms with Crippen LogP contribution in [0.3, 0.4) is 0 Å². The lowest BCUT2D eigenvalue weighted by Gasteiger charge is -2.36. The molecule has 1 spiro atoms. The van der Waals surface area contributed by atoms with Crippen molar-refractivity contribution in [3.8, 4) is 10.6 Å². The Morgan fingerprint density at radius 1 is 1.26 bits per heavy atom. The first-order chi connectivity index (χ1) is 16.0. The fourth-order valence-electron chi connectivity index (χ4n) is 5.91. The summed E-state index contributed by atoms with van der Waals surface area (Å²) in [7, 11) is -1.31. The molecule has 1 N–H and O–H groups in total. The van der Waals surface area contributed by atoms with Gasteiger partial charge in [0.1, 0.15) is 5.69 Å². The second kappa shape index (κ2) is 8.23. The van der Waals surface area contributed by atoms with Crippen LogP contribution < -0.4 is 5.32 Å². The van der Waals surface area contributed by atoms with Crippen molar-refractivity contribution in [1.29, 1.82) is 0 Å². The van der Waals surface area contributed by atoms with Gasteiger partial charge in [0.2, 0.25) is 16.0 Å². The predicted octanol–water partition coefficient (Wildman–Crippen LogP) is 3.59. The van der Waals surface area contributed by atoms with Crippen molar-refractivity contribution in [1.82, 2.24) is 19.2 Å². The molecule has 5 rings (SSSR count). The van der Waals surface area contributed by atoms with E-state index >= 15 is 0 Å². The van der Waals surface area contributed by atoms with Crippen LogP contribution in [0.5, 0.6) is 0 Å². The predicted molar refractivity (Wildman–Crippen MR) is 130 cm³/mol. The quantitative estimate of drug-likeness (QED) is 0.680. The van der Waals surface area contributed by atoms with E-state index in [9.17, 15) is 17.6 Å². The molecule has 2 aromatic rings. The first-order valence-corrected chi connectivity index (χ1v) is 14.4. The number of halogens is 1. The summed E-state index contributed by atoms with van der Waals surface area (Å²) in [6.07, 6.45) is 6.69. The number of amides is 1. The van der Waals surface area contributed by atoms with Gasteiger partial charge in [-0.25, -0.2) is 27.1 Å². The van der Waals surface area contributed by atoms with Gasteiger partial charge in [-0.3, -0.25) is 4.79 Å². The van der Waals surface area contributed by atoms with Gasteiger partial charge in [0.25, 0.3) is 5.91 Å². The highest BCUT2D eigenvalue weighted by molar-refractivity contribution is 7.88. The van der Waals surface area contributed by atoms with Gasteiger partial charge in [-0.1, -0.05) is 13.3 Å². The van der Waals surface area contributed by atoms with Crippen molar-refractivity contribution >= 4 is 33.2 Å². The van der Waals surface area contributed by atoms with Crippen molar-refractivity contribution in [2.45, 2.75) is 57.5 Å². The number of hydrogen-bond acceptors (Lipinski definition) is 7. The summed E-state index contributed by atoms with van der Waals surface area (Å²) in [6.45, 7) is 4.93. The maximum absolute atomic E-state index is 15.0. The van der Waals surface area contributed by atoms with Gasteiger partial charge >= 0.3 is 0 Å². The number of rotatable bonds is 4. The van der Waals surface area contributed by atoms with Crippen LogP contribution >= 0.6 is 11.3 Å². The Kier molecular flexibility index (Phi) is 5.72. The van der Waals surface area contributed by atoms with Crippen LogP contribution in [0.1, 0.15) is 59.8 Å². The smallest absolute Gasteiger partial charge is 0.255 e. The molecule has 0 aromatic carbocycles. The monoisotopic (exact) mass is 507 g/mol. The largest absolute Gasteiger partial charge is 0.351 e. The second-order valence-corrected chi connectivity index (χ2v) is 12.8. The van der Waals surface area contributed by atoms with Crippen LogP contribution in [0.4, 0.5) is 10.3 Å². The van der Waals surface area contributed by atoms with E-state index in [-0.39, 0.29) is 23.2 Å². The van der Waals surface area contributed by atoms with Crippen LogP contribution in [0.15, 0.2) is 6.20 Å². The van der Waals surface area contributed by atoms with Gasteiger partial charge in [0, 0.05) is 31.1 Å². The van der Waals surface area contributed by atoms with E-state index in [2.05, 4.69) is 22.2 Å². The lowest BCUT2D eigenvalue weighted by atomic mass is 9.86. The zero-order chi connectivity index (χ0) is 24.4. The maximum Gasteiger partial charge on any atom is 0.255 e. The number of aromatic nitrogens is 2. The Hall–Kier alpha value is -2.11. The number of carbonyl (C=O) groups excluding carboxylic acids is 1. The molecular formula is C23H30FN5O3S2. The normalized spacial score (nSPS) is 26.0. The molecule has 11 heteroatoms. The van der Waals surface area contributed by atoms with Crippen LogP contribution in [-0.4, -0.2) is 65.9 Å². The number of carbonyl (C=O) groups is 1. The van der Waals surface area contributed by atoms with Crippen molar-refractivity contribution in [2.75, 3.05) is 31.7 Å². The summed E-state index contributed by atoms with van der Waals surface area (Å²) in [5.41, 5.74) is 1.38. The Balaban J connectivity index is 1.45. The molecular weight excluding hydrogens is 477 g/mol. The molecule has 1 saturated heterocycles. The Morgan fingerprint density at radius 2 is 1.97 bits per heavy atom. The van der Waals surface area contributed by atoms with E-state index in [0.29, 0.717) is 48.2 Å². The minimum atomic E-state index is -3.20. The van der Waals surface area contributed by atoms with Gasteiger partial charge in [-0.15, -0.1) is 11.3 Å². The lowest BCUT2D eigenvalue weighted by molar-refractivity contribution is 0.0556. The molecule has 1 aliphatic carbocycles. The number of nitrogens with zero attached hydrogens (tertiary/aromatic N) is 4. The zero-order valence-electron chi connectivity index (χ0n) is 19.9. The van der Waals surface area contributed by atoms with E-state index in [4.69, 9.17) is 0 Å². The average molecular weight is 508 g/mol. The second-order valence-electron chi connectivity index (χ2n) is 9.81. The molecule has 0 radical (unpaired) electrons. The van der Waals surface area contributed by atoms with Crippen LogP contribution in [0, 0.1) is 18.7 Å². The number of hydrogen-bond donors (Lipinski definition) is 1. The molecule has 34 heavy (non-hydrogen) atoms. The van der Waals surface area contributed by atoms with Gasteiger partial charge in [-0.2, -0.15) is 0 Å².